The number of benzene rings is 2. The van der Waals surface area contributed by atoms with Crippen LogP contribution in [0.3, 0.4) is 0 Å². The zero-order valence-electron chi connectivity index (χ0n) is 15.6. The second-order valence-electron chi connectivity index (χ2n) is 6.60. The summed E-state index contributed by atoms with van der Waals surface area (Å²) in [7, 11) is 0. The van der Waals surface area contributed by atoms with Crippen molar-refractivity contribution in [1.82, 2.24) is 20.1 Å². The third-order valence-corrected chi connectivity index (χ3v) is 4.49. The Morgan fingerprint density at radius 2 is 1.79 bits per heavy atom. The average Bonchev–Trinajstić information content (AvgIpc) is 3.18. The van der Waals surface area contributed by atoms with Gasteiger partial charge in [-0.15, -0.1) is 0 Å². The van der Waals surface area contributed by atoms with Crippen molar-refractivity contribution in [3.8, 4) is 16.9 Å². The zero-order valence-corrected chi connectivity index (χ0v) is 15.6. The Morgan fingerprint density at radius 3 is 2.52 bits per heavy atom. The molecule has 6 heteroatoms. The predicted molar refractivity (Wildman–Crippen MR) is 109 cm³/mol. The molecule has 5 nitrogen and oxygen atoms in total. The van der Waals surface area contributed by atoms with Gasteiger partial charge in [0, 0.05) is 36.3 Å². The molecule has 29 heavy (non-hydrogen) atoms. The van der Waals surface area contributed by atoms with E-state index >= 15 is 0 Å². The molecule has 0 fully saturated rings. The highest BCUT2D eigenvalue weighted by Crippen LogP contribution is 2.24. The third-order valence-electron chi connectivity index (χ3n) is 4.49. The maximum absolute atomic E-state index is 13.3. The first-order valence-electron chi connectivity index (χ1n) is 9.24. The number of aromatic nitrogens is 3. The molecule has 0 bridgehead atoms. The minimum Gasteiger partial charge on any atom is -0.352 e. The SMILES string of the molecule is O=C(Cc1cccnc1)NCc1cn(-c2ccccc2)nc1-c1ccc(F)cc1. The molecule has 0 spiro atoms. The van der Waals surface area contributed by atoms with Crippen LogP contribution in [-0.2, 0) is 17.8 Å². The number of hydrogen-bond donors (Lipinski definition) is 1. The van der Waals surface area contributed by atoms with Gasteiger partial charge in [-0.25, -0.2) is 9.07 Å². The summed E-state index contributed by atoms with van der Waals surface area (Å²) < 4.78 is 15.1. The maximum Gasteiger partial charge on any atom is 0.224 e. The highest BCUT2D eigenvalue weighted by Gasteiger charge is 2.14. The van der Waals surface area contributed by atoms with Gasteiger partial charge in [0.25, 0.3) is 0 Å². The number of pyridine rings is 1. The maximum atomic E-state index is 13.3. The Kier molecular flexibility index (Phi) is 5.42. The monoisotopic (exact) mass is 386 g/mol. The van der Waals surface area contributed by atoms with Gasteiger partial charge in [0.15, 0.2) is 0 Å². The smallest absolute Gasteiger partial charge is 0.224 e. The van der Waals surface area contributed by atoms with Gasteiger partial charge in [-0.1, -0.05) is 24.3 Å². The molecule has 0 aliphatic heterocycles. The van der Waals surface area contributed by atoms with Gasteiger partial charge in [-0.2, -0.15) is 5.10 Å². The van der Waals surface area contributed by atoms with E-state index in [1.54, 1.807) is 35.3 Å². The molecule has 0 aliphatic carbocycles. The summed E-state index contributed by atoms with van der Waals surface area (Å²) in [6.07, 6.45) is 5.50. The summed E-state index contributed by atoms with van der Waals surface area (Å²) in [4.78, 5) is 16.4. The Balaban J connectivity index is 1.58. The van der Waals surface area contributed by atoms with Gasteiger partial charge in [0.2, 0.25) is 5.91 Å². The molecule has 144 valence electrons. The summed E-state index contributed by atoms with van der Waals surface area (Å²) in [5, 5.41) is 7.61. The second kappa shape index (κ2) is 8.48. The van der Waals surface area contributed by atoms with Gasteiger partial charge in [-0.3, -0.25) is 9.78 Å². The fourth-order valence-corrected chi connectivity index (χ4v) is 3.05. The summed E-state index contributed by atoms with van der Waals surface area (Å²) >= 11 is 0. The van der Waals surface area contributed by atoms with E-state index in [2.05, 4.69) is 15.4 Å². The van der Waals surface area contributed by atoms with E-state index in [0.29, 0.717) is 12.2 Å². The van der Waals surface area contributed by atoms with E-state index in [1.165, 1.54) is 12.1 Å². The minimum atomic E-state index is -0.303. The molecule has 2 aromatic heterocycles. The minimum absolute atomic E-state index is 0.101. The van der Waals surface area contributed by atoms with Crippen LogP contribution in [0.15, 0.2) is 85.3 Å². The molecule has 0 atom stereocenters. The summed E-state index contributed by atoms with van der Waals surface area (Å²) in [6, 6.07) is 19.6. The molecule has 0 saturated heterocycles. The van der Waals surface area contributed by atoms with Crippen molar-refractivity contribution in [2.24, 2.45) is 0 Å². The quantitative estimate of drug-likeness (QED) is 0.546. The first kappa shape index (κ1) is 18.6. The van der Waals surface area contributed by atoms with Gasteiger partial charge in [0.05, 0.1) is 17.8 Å². The second-order valence-corrected chi connectivity index (χ2v) is 6.60. The van der Waals surface area contributed by atoms with Crippen LogP contribution in [0.2, 0.25) is 0 Å². The van der Waals surface area contributed by atoms with Crippen molar-refractivity contribution in [2.75, 3.05) is 0 Å². The van der Waals surface area contributed by atoms with Crippen molar-refractivity contribution in [1.29, 1.82) is 0 Å². The molecular formula is C23H19FN4O. The van der Waals surface area contributed by atoms with Crippen LogP contribution >= 0.6 is 0 Å². The summed E-state index contributed by atoms with van der Waals surface area (Å²) in [5.41, 5.74) is 4.10. The lowest BCUT2D eigenvalue weighted by Crippen LogP contribution is -2.24. The average molecular weight is 386 g/mol. The fourth-order valence-electron chi connectivity index (χ4n) is 3.05. The number of carbonyl (C=O) groups is 1. The molecule has 1 N–H and O–H groups in total. The highest BCUT2D eigenvalue weighted by atomic mass is 19.1. The van der Waals surface area contributed by atoms with Crippen LogP contribution in [0, 0.1) is 5.82 Å². The largest absolute Gasteiger partial charge is 0.352 e. The number of nitrogens with one attached hydrogen (secondary N) is 1. The molecule has 0 radical (unpaired) electrons. The number of amides is 1. The molecular weight excluding hydrogens is 367 g/mol. The third kappa shape index (κ3) is 4.55. The molecule has 1 amide bonds. The number of para-hydroxylation sites is 1. The van der Waals surface area contributed by atoms with Crippen molar-refractivity contribution >= 4 is 5.91 Å². The fraction of sp³-hybridized carbons (Fsp3) is 0.0870. The number of nitrogens with zero attached hydrogens (tertiary/aromatic N) is 3. The molecule has 0 saturated carbocycles. The van der Waals surface area contributed by atoms with Crippen molar-refractivity contribution < 1.29 is 9.18 Å². The molecule has 4 aromatic rings. The molecule has 0 unspecified atom stereocenters. The first-order chi connectivity index (χ1) is 14.2. The van der Waals surface area contributed by atoms with E-state index in [4.69, 9.17) is 0 Å². The standard InChI is InChI=1S/C23H19FN4O/c24-20-10-8-18(9-11-20)23-19(16-28(27-23)21-6-2-1-3-7-21)15-26-22(29)13-17-5-4-12-25-14-17/h1-12,14,16H,13,15H2,(H,26,29). The Bertz CT molecular complexity index is 1090. The lowest BCUT2D eigenvalue weighted by Gasteiger charge is -2.06. The molecule has 4 rings (SSSR count). The van der Waals surface area contributed by atoms with E-state index in [1.807, 2.05) is 42.6 Å². The first-order valence-corrected chi connectivity index (χ1v) is 9.24. The molecule has 2 heterocycles. The lowest BCUT2D eigenvalue weighted by atomic mass is 10.1. The Morgan fingerprint density at radius 1 is 1.00 bits per heavy atom. The van der Waals surface area contributed by atoms with Crippen LogP contribution in [0.5, 0.6) is 0 Å². The van der Waals surface area contributed by atoms with Gasteiger partial charge in [-0.05, 0) is 48.0 Å². The normalized spacial score (nSPS) is 10.7. The van der Waals surface area contributed by atoms with E-state index in [0.717, 1.165) is 22.4 Å². The van der Waals surface area contributed by atoms with Crippen LogP contribution in [0.25, 0.3) is 16.9 Å². The zero-order chi connectivity index (χ0) is 20.1. The van der Waals surface area contributed by atoms with Crippen LogP contribution in [0.4, 0.5) is 4.39 Å². The topological polar surface area (TPSA) is 59.8 Å². The molecule has 2 aromatic carbocycles. The number of hydrogen-bond acceptors (Lipinski definition) is 3. The summed E-state index contributed by atoms with van der Waals surface area (Å²) in [5.74, 6) is -0.405. The van der Waals surface area contributed by atoms with Gasteiger partial charge < -0.3 is 5.32 Å². The number of halogens is 1. The highest BCUT2D eigenvalue weighted by molar-refractivity contribution is 5.78. The van der Waals surface area contributed by atoms with Gasteiger partial charge in [0.1, 0.15) is 5.82 Å². The van der Waals surface area contributed by atoms with E-state index in [9.17, 15) is 9.18 Å². The number of carbonyl (C=O) groups excluding carboxylic acids is 1. The molecule has 0 aliphatic rings. The van der Waals surface area contributed by atoms with E-state index < -0.39 is 0 Å². The number of rotatable bonds is 6. The van der Waals surface area contributed by atoms with E-state index in [-0.39, 0.29) is 18.1 Å². The van der Waals surface area contributed by atoms with Crippen LogP contribution in [-0.4, -0.2) is 20.7 Å². The van der Waals surface area contributed by atoms with Crippen molar-refractivity contribution in [3.05, 3.63) is 102 Å². The lowest BCUT2D eigenvalue weighted by molar-refractivity contribution is -0.120. The van der Waals surface area contributed by atoms with Crippen molar-refractivity contribution in [3.63, 3.8) is 0 Å². The van der Waals surface area contributed by atoms with Crippen molar-refractivity contribution in [2.45, 2.75) is 13.0 Å². The Labute approximate surface area is 167 Å². The van der Waals surface area contributed by atoms with Gasteiger partial charge >= 0.3 is 0 Å². The predicted octanol–water partition coefficient (Wildman–Crippen LogP) is 3.93. The van der Waals surface area contributed by atoms with Crippen LogP contribution < -0.4 is 5.32 Å². The Hall–Kier alpha value is -3.80. The summed E-state index contributed by atoms with van der Waals surface area (Å²) in [6.45, 7) is 0.318. The van der Waals surface area contributed by atoms with Crippen LogP contribution in [0.1, 0.15) is 11.1 Å².